The number of aliphatic carboxylic acids is 1. The maximum atomic E-state index is 10.8. The van der Waals surface area contributed by atoms with Gasteiger partial charge in [0.1, 0.15) is 0 Å². The van der Waals surface area contributed by atoms with Crippen LogP contribution in [0, 0.1) is 13.8 Å². The van der Waals surface area contributed by atoms with Gasteiger partial charge in [0.05, 0.1) is 0 Å². The van der Waals surface area contributed by atoms with Crippen LogP contribution in [0.5, 0.6) is 0 Å². The Morgan fingerprint density at radius 2 is 1.61 bits per heavy atom. The molecule has 0 heterocycles. The standard InChI is InChI=1S/C16H22O2/c1-10-7-13(16(4,5)6)8-11(2)15(10)12(3)9-14(17)18/h7-9H,1-6H3,(H,17,18)/b12-9+. The van der Waals surface area contributed by atoms with Gasteiger partial charge in [-0.2, -0.15) is 0 Å². The van der Waals surface area contributed by atoms with E-state index in [1.54, 1.807) is 0 Å². The van der Waals surface area contributed by atoms with Crippen molar-refractivity contribution in [2.75, 3.05) is 0 Å². The molecule has 2 heteroatoms. The van der Waals surface area contributed by atoms with Crippen LogP contribution in [0.1, 0.15) is 49.9 Å². The van der Waals surface area contributed by atoms with E-state index in [0.29, 0.717) is 0 Å². The molecule has 18 heavy (non-hydrogen) atoms. The van der Waals surface area contributed by atoms with Crippen LogP contribution >= 0.6 is 0 Å². The maximum absolute atomic E-state index is 10.8. The van der Waals surface area contributed by atoms with Crippen LogP contribution in [-0.2, 0) is 10.2 Å². The van der Waals surface area contributed by atoms with E-state index in [0.717, 1.165) is 22.3 Å². The van der Waals surface area contributed by atoms with Crippen molar-refractivity contribution in [2.45, 2.75) is 47.0 Å². The summed E-state index contributed by atoms with van der Waals surface area (Å²) >= 11 is 0. The van der Waals surface area contributed by atoms with Gasteiger partial charge in [-0.05, 0) is 54.0 Å². The van der Waals surface area contributed by atoms with E-state index < -0.39 is 5.97 Å². The predicted molar refractivity (Wildman–Crippen MR) is 75.9 cm³/mol. The van der Waals surface area contributed by atoms with E-state index in [1.165, 1.54) is 11.6 Å². The highest BCUT2D eigenvalue weighted by Gasteiger charge is 2.16. The van der Waals surface area contributed by atoms with Crippen LogP contribution in [0.15, 0.2) is 18.2 Å². The minimum Gasteiger partial charge on any atom is -0.478 e. The van der Waals surface area contributed by atoms with Gasteiger partial charge in [-0.3, -0.25) is 0 Å². The zero-order valence-corrected chi connectivity index (χ0v) is 12.1. The van der Waals surface area contributed by atoms with Crippen molar-refractivity contribution in [3.05, 3.63) is 40.5 Å². The van der Waals surface area contributed by atoms with E-state index in [-0.39, 0.29) is 5.41 Å². The maximum Gasteiger partial charge on any atom is 0.328 e. The molecule has 1 aromatic rings. The van der Waals surface area contributed by atoms with Gasteiger partial charge >= 0.3 is 5.97 Å². The minimum absolute atomic E-state index is 0.110. The van der Waals surface area contributed by atoms with E-state index in [9.17, 15) is 4.79 Å². The molecule has 2 nitrogen and oxygen atoms in total. The van der Waals surface area contributed by atoms with Crippen LogP contribution in [0.2, 0.25) is 0 Å². The van der Waals surface area contributed by atoms with Crippen LogP contribution in [0.3, 0.4) is 0 Å². The highest BCUT2D eigenvalue weighted by atomic mass is 16.4. The van der Waals surface area contributed by atoms with Crippen molar-refractivity contribution in [2.24, 2.45) is 0 Å². The molecule has 0 saturated heterocycles. The van der Waals surface area contributed by atoms with Gasteiger partial charge in [0.15, 0.2) is 0 Å². The first-order valence-electron chi connectivity index (χ1n) is 6.16. The Kier molecular flexibility index (Phi) is 4.00. The van der Waals surface area contributed by atoms with E-state index in [2.05, 4.69) is 32.9 Å². The monoisotopic (exact) mass is 246 g/mol. The second-order valence-electron chi connectivity index (χ2n) is 5.90. The van der Waals surface area contributed by atoms with Crippen molar-refractivity contribution in [3.63, 3.8) is 0 Å². The number of hydrogen-bond donors (Lipinski definition) is 1. The SMILES string of the molecule is C/C(=C\C(=O)O)c1c(C)cc(C(C)(C)C)cc1C. The summed E-state index contributed by atoms with van der Waals surface area (Å²) in [5.41, 5.74) is 5.51. The van der Waals surface area contributed by atoms with Crippen molar-refractivity contribution < 1.29 is 9.90 Å². The van der Waals surface area contributed by atoms with Gasteiger partial charge in [0, 0.05) is 6.08 Å². The smallest absolute Gasteiger partial charge is 0.328 e. The van der Waals surface area contributed by atoms with E-state index in [1.807, 2.05) is 20.8 Å². The van der Waals surface area contributed by atoms with Crippen molar-refractivity contribution in [1.82, 2.24) is 0 Å². The Bertz CT molecular complexity index is 479. The molecule has 0 spiro atoms. The summed E-state index contributed by atoms with van der Waals surface area (Å²) in [5.74, 6) is -0.897. The third kappa shape index (κ3) is 3.22. The molecule has 0 radical (unpaired) electrons. The molecule has 0 amide bonds. The first kappa shape index (κ1) is 14.5. The second-order valence-corrected chi connectivity index (χ2v) is 5.90. The molecule has 1 aromatic carbocycles. The average molecular weight is 246 g/mol. The lowest BCUT2D eigenvalue weighted by molar-refractivity contribution is -0.131. The lowest BCUT2D eigenvalue weighted by Gasteiger charge is -2.22. The summed E-state index contributed by atoms with van der Waals surface area (Å²) < 4.78 is 0. The van der Waals surface area contributed by atoms with Gasteiger partial charge in [-0.1, -0.05) is 32.9 Å². The molecule has 0 unspecified atom stereocenters. The summed E-state index contributed by atoms with van der Waals surface area (Å²) in [6.45, 7) is 12.5. The molecular weight excluding hydrogens is 224 g/mol. The van der Waals surface area contributed by atoms with Gasteiger partial charge in [0.25, 0.3) is 0 Å². The number of carboxylic acid groups (broad SMARTS) is 1. The second kappa shape index (κ2) is 4.97. The summed E-state index contributed by atoms with van der Waals surface area (Å²) in [5, 5.41) is 8.83. The summed E-state index contributed by atoms with van der Waals surface area (Å²) in [7, 11) is 0. The Labute approximate surface area is 109 Å². The third-order valence-corrected chi connectivity index (χ3v) is 3.13. The first-order valence-corrected chi connectivity index (χ1v) is 6.16. The van der Waals surface area contributed by atoms with Gasteiger partial charge in [0.2, 0.25) is 0 Å². The number of carboxylic acids is 1. The molecule has 0 aromatic heterocycles. The fraction of sp³-hybridized carbons (Fsp3) is 0.438. The van der Waals surface area contributed by atoms with Crippen LogP contribution < -0.4 is 0 Å². The van der Waals surface area contributed by atoms with Crippen LogP contribution in [0.4, 0.5) is 0 Å². The highest BCUT2D eigenvalue weighted by Crippen LogP contribution is 2.30. The number of rotatable bonds is 2. The summed E-state index contributed by atoms with van der Waals surface area (Å²) in [6, 6.07) is 4.31. The molecule has 1 rings (SSSR count). The largest absolute Gasteiger partial charge is 0.478 e. The van der Waals surface area contributed by atoms with E-state index >= 15 is 0 Å². The number of benzene rings is 1. The van der Waals surface area contributed by atoms with Gasteiger partial charge in [-0.25, -0.2) is 4.79 Å². The number of aryl methyl sites for hydroxylation is 2. The molecule has 0 aliphatic rings. The predicted octanol–water partition coefficient (Wildman–Crippen LogP) is 4.09. The average Bonchev–Trinajstić information content (AvgIpc) is 2.13. The fourth-order valence-corrected chi connectivity index (χ4v) is 2.28. The molecule has 0 saturated carbocycles. The Hall–Kier alpha value is -1.57. The molecule has 0 fully saturated rings. The Balaban J connectivity index is 3.38. The van der Waals surface area contributed by atoms with Crippen LogP contribution in [-0.4, -0.2) is 11.1 Å². The highest BCUT2D eigenvalue weighted by molar-refractivity contribution is 5.90. The number of allylic oxidation sites excluding steroid dienone is 1. The molecule has 0 aliphatic carbocycles. The van der Waals surface area contributed by atoms with Crippen molar-refractivity contribution >= 4 is 11.5 Å². The zero-order valence-electron chi connectivity index (χ0n) is 12.1. The lowest BCUT2D eigenvalue weighted by atomic mass is 9.83. The molecule has 1 N–H and O–H groups in total. The molecule has 98 valence electrons. The quantitative estimate of drug-likeness (QED) is 0.798. The molecule has 0 bridgehead atoms. The molecule has 0 atom stereocenters. The number of hydrogen-bond acceptors (Lipinski definition) is 1. The van der Waals surface area contributed by atoms with Gasteiger partial charge < -0.3 is 5.11 Å². The van der Waals surface area contributed by atoms with Crippen LogP contribution in [0.25, 0.3) is 5.57 Å². The molecule has 0 aliphatic heterocycles. The Morgan fingerprint density at radius 3 is 1.94 bits per heavy atom. The number of carbonyl (C=O) groups is 1. The lowest BCUT2D eigenvalue weighted by Crippen LogP contribution is -2.12. The van der Waals surface area contributed by atoms with Crippen molar-refractivity contribution in [1.29, 1.82) is 0 Å². The summed E-state index contributed by atoms with van der Waals surface area (Å²) in [4.78, 5) is 10.8. The Morgan fingerprint density at radius 1 is 1.17 bits per heavy atom. The minimum atomic E-state index is -0.897. The third-order valence-electron chi connectivity index (χ3n) is 3.13. The topological polar surface area (TPSA) is 37.3 Å². The zero-order chi connectivity index (χ0) is 14.1. The first-order chi connectivity index (χ1) is 8.12. The normalized spacial score (nSPS) is 12.7. The van der Waals surface area contributed by atoms with E-state index in [4.69, 9.17) is 5.11 Å². The van der Waals surface area contributed by atoms with Crippen molar-refractivity contribution in [3.8, 4) is 0 Å². The van der Waals surface area contributed by atoms with Gasteiger partial charge in [-0.15, -0.1) is 0 Å². The fourth-order valence-electron chi connectivity index (χ4n) is 2.28. The summed E-state index contributed by atoms with van der Waals surface area (Å²) in [6.07, 6.45) is 1.27. The molecular formula is C16H22O2.